The highest BCUT2D eigenvalue weighted by Crippen LogP contribution is 2.16. The molecule has 2 aromatic rings. The lowest BCUT2D eigenvalue weighted by Gasteiger charge is -2.07. The number of rotatable bonds is 6. The summed E-state index contributed by atoms with van der Waals surface area (Å²) in [5.41, 5.74) is 2.51. The van der Waals surface area contributed by atoms with Crippen molar-refractivity contribution >= 4 is 10.9 Å². The highest BCUT2D eigenvalue weighted by atomic mass is 16.3. The van der Waals surface area contributed by atoms with E-state index in [0.717, 1.165) is 25.9 Å². The fourth-order valence-electron chi connectivity index (χ4n) is 2.04. The van der Waals surface area contributed by atoms with Crippen molar-refractivity contribution in [3.63, 3.8) is 0 Å². The predicted molar refractivity (Wildman–Crippen MR) is 70.9 cm³/mol. The van der Waals surface area contributed by atoms with Crippen molar-refractivity contribution in [2.24, 2.45) is 0 Å². The van der Waals surface area contributed by atoms with Crippen LogP contribution in [0.3, 0.4) is 0 Å². The SMILES string of the molecule is CC(O)CCCNCc1cccc2cc[nH]c12. The van der Waals surface area contributed by atoms with Crippen LogP contribution in [0, 0.1) is 0 Å². The topological polar surface area (TPSA) is 48.0 Å². The Labute approximate surface area is 102 Å². The molecule has 0 aliphatic rings. The molecular formula is C14H20N2O. The number of aliphatic hydroxyl groups excluding tert-OH is 1. The van der Waals surface area contributed by atoms with Crippen LogP contribution in [0.4, 0.5) is 0 Å². The first kappa shape index (κ1) is 12.1. The number of hydrogen-bond acceptors (Lipinski definition) is 2. The number of benzene rings is 1. The van der Waals surface area contributed by atoms with Crippen molar-refractivity contribution in [3.05, 3.63) is 36.0 Å². The second kappa shape index (κ2) is 5.84. The zero-order valence-electron chi connectivity index (χ0n) is 10.2. The molecule has 3 N–H and O–H groups in total. The van der Waals surface area contributed by atoms with Crippen molar-refractivity contribution in [1.82, 2.24) is 10.3 Å². The maximum Gasteiger partial charge on any atom is 0.0512 e. The summed E-state index contributed by atoms with van der Waals surface area (Å²) in [5, 5.41) is 13.8. The van der Waals surface area contributed by atoms with Crippen LogP contribution < -0.4 is 5.32 Å². The third-order valence-corrected chi connectivity index (χ3v) is 2.96. The van der Waals surface area contributed by atoms with Crippen LogP contribution in [0.2, 0.25) is 0 Å². The summed E-state index contributed by atoms with van der Waals surface area (Å²) in [4.78, 5) is 3.27. The van der Waals surface area contributed by atoms with E-state index >= 15 is 0 Å². The van der Waals surface area contributed by atoms with E-state index in [9.17, 15) is 0 Å². The molecule has 17 heavy (non-hydrogen) atoms. The van der Waals surface area contributed by atoms with Crippen molar-refractivity contribution < 1.29 is 5.11 Å². The van der Waals surface area contributed by atoms with Crippen LogP contribution in [-0.2, 0) is 6.54 Å². The van der Waals surface area contributed by atoms with Gasteiger partial charge in [-0.1, -0.05) is 18.2 Å². The van der Waals surface area contributed by atoms with E-state index in [2.05, 4.69) is 34.6 Å². The van der Waals surface area contributed by atoms with Gasteiger partial charge in [0.25, 0.3) is 0 Å². The molecule has 3 nitrogen and oxygen atoms in total. The first-order chi connectivity index (χ1) is 8.27. The second-order valence-electron chi connectivity index (χ2n) is 4.53. The van der Waals surface area contributed by atoms with E-state index in [1.165, 1.54) is 16.5 Å². The van der Waals surface area contributed by atoms with Crippen LogP contribution in [0.15, 0.2) is 30.5 Å². The molecule has 1 aromatic carbocycles. The number of H-pyrrole nitrogens is 1. The largest absolute Gasteiger partial charge is 0.393 e. The van der Waals surface area contributed by atoms with E-state index < -0.39 is 0 Å². The van der Waals surface area contributed by atoms with Gasteiger partial charge in [-0.2, -0.15) is 0 Å². The summed E-state index contributed by atoms with van der Waals surface area (Å²) in [6.07, 6.45) is 3.66. The van der Waals surface area contributed by atoms with Crippen molar-refractivity contribution in [3.8, 4) is 0 Å². The molecule has 0 aliphatic heterocycles. The Morgan fingerprint density at radius 3 is 3.06 bits per heavy atom. The Morgan fingerprint density at radius 1 is 1.35 bits per heavy atom. The fraction of sp³-hybridized carbons (Fsp3) is 0.429. The fourth-order valence-corrected chi connectivity index (χ4v) is 2.04. The third-order valence-electron chi connectivity index (χ3n) is 2.96. The molecule has 92 valence electrons. The van der Waals surface area contributed by atoms with Crippen molar-refractivity contribution in [1.29, 1.82) is 0 Å². The molecule has 1 aromatic heterocycles. The van der Waals surface area contributed by atoms with E-state index in [1.807, 2.05) is 13.1 Å². The maximum absolute atomic E-state index is 9.15. The lowest BCUT2D eigenvalue weighted by Crippen LogP contribution is -2.16. The predicted octanol–water partition coefficient (Wildman–Crippen LogP) is 2.42. The van der Waals surface area contributed by atoms with E-state index in [0.29, 0.717) is 0 Å². The number of aliphatic hydroxyl groups is 1. The number of hydrogen-bond donors (Lipinski definition) is 3. The van der Waals surface area contributed by atoms with Crippen LogP contribution in [0.1, 0.15) is 25.3 Å². The molecular weight excluding hydrogens is 212 g/mol. The highest BCUT2D eigenvalue weighted by Gasteiger charge is 2.01. The van der Waals surface area contributed by atoms with Gasteiger partial charge in [0.05, 0.1) is 6.10 Å². The molecule has 0 fully saturated rings. The Kier molecular flexibility index (Phi) is 4.18. The summed E-state index contributed by atoms with van der Waals surface area (Å²) < 4.78 is 0. The summed E-state index contributed by atoms with van der Waals surface area (Å²) in [6, 6.07) is 8.43. The Balaban J connectivity index is 1.84. The van der Waals surface area contributed by atoms with Gasteiger partial charge in [0.15, 0.2) is 0 Å². The number of fused-ring (bicyclic) bond motifs is 1. The van der Waals surface area contributed by atoms with Gasteiger partial charge in [0.2, 0.25) is 0 Å². The van der Waals surface area contributed by atoms with Gasteiger partial charge < -0.3 is 15.4 Å². The molecule has 1 unspecified atom stereocenters. The van der Waals surface area contributed by atoms with Gasteiger partial charge in [0, 0.05) is 18.3 Å². The summed E-state index contributed by atoms with van der Waals surface area (Å²) in [7, 11) is 0. The Bertz CT molecular complexity index is 462. The lowest BCUT2D eigenvalue weighted by molar-refractivity contribution is 0.181. The van der Waals surface area contributed by atoms with E-state index in [4.69, 9.17) is 5.11 Å². The van der Waals surface area contributed by atoms with Gasteiger partial charge in [-0.05, 0) is 43.3 Å². The number of aromatic nitrogens is 1. The molecule has 1 heterocycles. The van der Waals surface area contributed by atoms with E-state index in [-0.39, 0.29) is 6.10 Å². The van der Waals surface area contributed by atoms with Gasteiger partial charge >= 0.3 is 0 Å². The monoisotopic (exact) mass is 232 g/mol. The first-order valence-electron chi connectivity index (χ1n) is 6.21. The van der Waals surface area contributed by atoms with Crippen LogP contribution in [0.25, 0.3) is 10.9 Å². The van der Waals surface area contributed by atoms with Crippen LogP contribution >= 0.6 is 0 Å². The maximum atomic E-state index is 9.15. The molecule has 3 heteroatoms. The minimum atomic E-state index is -0.191. The Morgan fingerprint density at radius 2 is 2.24 bits per heavy atom. The molecule has 2 rings (SSSR count). The standard InChI is InChI=1S/C14H20N2O/c1-11(17)4-3-8-15-10-13-6-2-5-12-7-9-16-14(12)13/h2,5-7,9,11,15-17H,3-4,8,10H2,1H3. The average Bonchev–Trinajstić information content (AvgIpc) is 2.77. The number of nitrogens with one attached hydrogen (secondary N) is 2. The molecule has 0 bridgehead atoms. The number of aromatic amines is 1. The third kappa shape index (κ3) is 3.32. The van der Waals surface area contributed by atoms with Gasteiger partial charge in [0.1, 0.15) is 0 Å². The smallest absolute Gasteiger partial charge is 0.0512 e. The molecule has 0 spiro atoms. The molecule has 0 radical (unpaired) electrons. The highest BCUT2D eigenvalue weighted by molar-refractivity contribution is 5.82. The second-order valence-corrected chi connectivity index (χ2v) is 4.53. The van der Waals surface area contributed by atoms with Crippen LogP contribution in [0.5, 0.6) is 0 Å². The van der Waals surface area contributed by atoms with Crippen molar-refractivity contribution in [2.45, 2.75) is 32.4 Å². The van der Waals surface area contributed by atoms with Crippen LogP contribution in [-0.4, -0.2) is 22.7 Å². The molecule has 1 atom stereocenters. The van der Waals surface area contributed by atoms with Gasteiger partial charge in [-0.15, -0.1) is 0 Å². The normalized spacial score (nSPS) is 13.1. The average molecular weight is 232 g/mol. The molecule has 0 aliphatic carbocycles. The molecule has 0 saturated carbocycles. The zero-order chi connectivity index (χ0) is 12.1. The summed E-state index contributed by atoms with van der Waals surface area (Å²) >= 11 is 0. The Hall–Kier alpha value is -1.32. The minimum Gasteiger partial charge on any atom is -0.393 e. The zero-order valence-corrected chi connectivity index (χ0v) is 10.2. The summed E-state index contributed by atoms with van der Waals surface area (Å²) in [6.45, 7) is 3.65. The van der Waals surface area contributed by atoms with Gasteiger partial charge in [-0.3, -0.25) is 0 Å². The molecule has 0 saturated heterocycles. The van der Waals surface area contributed by atoms with Gasteiger partial charge in [-0.25, -0.2) is 0 Å². The number of para-hydroxylation sites is 1. The summed E-state index contributed by atoms with van der Waals surface area (Å²) in [5.74, 6) is 0. The first-order valence-corrected chi connectivity index (χ1v) is 6.21. The molecule has 0 amide bonds. The van der Waals surface area contributed by atoms with E-state index in [1.54, 1.807) is 0 Å². The quantitative estimate of drug-likeness (QED) is 0.670. The minimum absolute atomic E-state index is 0.191. The lowest BCUT2D eigenvalue weighted by atomic mass is 10.1. The van der Waals surface area contributed by atoms with Crippen molar-refractivity contribution in [2.75, 3.05) is 6.54 Å².